The number of anilines is 1. The molecule has 1 fully saturated rings. The lowest BCUT2D eigenvalue weighted by atomic mass is 9.95. The summed E-state index contributed by atoms with van der Waals surface area (Å²) in [6, 6.07) is 5.60. The Balaban J connectivity index is 2.36. The van der Waals surface area contributed by atoms with Gasteiger partial charge in [-0.1, -0.05) is 6.07 Å². The number of esters is 1. The Morgan fingerprint density at radius 2 is 2.07 bits per heavy atom. The number of nitro groups is 1. The molecule has 1 aliphatic heterocycles. The molecule has 7 nitrogen and oxygen atoms in total. The maximum absolute atomic E-state index is 11.8. The van der Waals surface area contributed by atoms with Gasteiger partial charge in [0.05, 0.1) is 25.1 Å². The highest BCUT2D eigenvalue weighted by molar-refractivity contribution is 7.99. The number of rotatable bonds is 9. The van der Waals surface area contributed by atoms with E-state index >= 15 is 0 Å². The second-order valence-corrected chi connectivity index (χ2v) is 7.79. The summed E-state index contributed by atoms with van der Waals surface area (Å²) in [7, 11) is 2.88. The lowest BCUT2D eigenvalue weighted by molar-refractivity contribution is -0.384. The van der Waals surface area contributed by atoms with Gasteiger partial charge in [0.1, 0.15) is 5.69 Å². The third-order valence-corrected chi connectivity index (χ3v) is 6.01. The Morgan fingerprint density at radius 3 is 2.63 bits per heavy atom. The molecule has 150 valence electrons. The quantitative estimate of drug-likeness (QED) is 0.358. The molecular formula is C19H28N2O5S. The average molecular weight is 397 g/mol. The van der Waals surface area contributed by atoms with Crippen LogP contribution in [0.15, 0.2) is 18.2 Å². The van der Waals surface area contributed by atoms with Crippen molar-refractivity contribution >= 4 is 29.1 Å². The normalized spacial score (nSPS) is 16.0. The number of hydrogen-bond donors (Lipinski definition) is 0. The van der Waals surface area contributed by atoms with Crippen molar-refractivity contribution < 1.29 is 19.2 Å². The van der Waals surface area contributed by atoms with Gasteiger partial charge in [0, 0.05) is 31.7 Å². The smallest absolute Gasteiger partial charge is 0.306 e. The summed E-state index contributed by atoms with van der Waals surface area (Å²) in [5.74, 6) is 1.53. The van der Waals surface area contributed by atoms with Gasteiger partial charge < -0.3 is 14.4 Å². The minimum Gasteiger partial charge on any atom is -0.469 e. The van der Waals surface area contributed by atoms with E-state index in [0.717, 1.165) is 30.9 Å². The zero-order valence-corrected chi connectivity index (χ0v) is 17.0. The van der Waals surface area contributed by atoms with E-state index in [9.17, 15) is 14.9 Å². The average Bonchev–Trinajstić information content (AvgIpc) is 2.69. The minimum absolute atomic E-state index is 0.0820. The van der Waals surface area contributed by atoms with Crippen LogP contribution in [0.2, 0.25) is 0 Å². The number of benzene rings is 1. The standard InChI is InChI=1S/C19H28N2O5S/c1-4-20(16-7-9-27-10-8-16)17-6-5-14(11-18(17)21(23)24)15(13-25-2)12-19(22)26-3/h5-6,11,15-16H,4,7-10,12-13H2,1-3H3. The van der Waals surface area contributed by atoms with Crippen molar-refractivity contribution in [2.24, 2.45) is 0 Å². The molecule has 2 rings (SSSR count). The molecule has 0 aromatic heterocycles. The zero-order valence-electron chi connectivity index (χ0n) is 16.2. The summed E-state index contributed by atoms with van der Waals surface area (Å²) in [6.45, 7) is 3.05. The molecule has 1 aromatic rings. The van der Waals surface area contributed by atoms with Gasteiger partial charge in [-0.15, -0.1) is 0 Å². The summed E-state index contributed by atoms with van der Waals surface area (Å²) in [5.41, 5.74) is 1.45. The fraction of sp³-hybridized carbons (Fsp3) is 0.632. The number of thioether (sulfide) groups is 1. The van der Waals surface area contributed by atoms with E-state index in [-0.39, 0.29) is 28.9 Å². The predicted molar refractivity (Wildman–Crippen MR) is 108 cm³/mol. The van der Waals surface area contributed by atoms with Crippen molar-refractivity contribution in [1.29, 1.82) is 0 Å². The zero-order chi connectivity index (χ0) is 19.8. The topological polar surface area (TPSA) is 81.9 Å². The molecule has 1 aromatic carbocycles. The van der Waals surface area contributed by atoms with E-state index in [1.54, 1.807) is 13.2 Å². The predicted octanol–water partition coefficient (Wildman–Crippen LogP) is 3.61. The molecule has 0 saturated carbocycles. The molecule has 27 heavy (non-hydrogen) atoms. The van der Waals surface area contributed by atoms with E-state index in [1.807, 2.05) is 30.8 Å². The molecule has 0 amide bonds. The first-order valence-corrected chi connectivity index (χ1v) is 10.4. The van der Waals surface area contributed by atoms with Crippen LogP contribution in [0.25, 0.3) is 0 Å². The monoisotopic (exact) mass is 396 g/mol. The van der Waals surface area contributed by atoms with Crippen molar-refractivity contribution in [3.63, 3.8) is 0 Å². The molecule has 1 heterocycles. The minimum atomic E-state index is -0.362. The Kier molecular flexibility index (Phi) is 8.37. The van der Waals surface area contributed by atoms with E-state index in [0.29, 0.717) is 23.9 Å². The molecule has 0 spiro atoms. The SMILES string of the molecule is CCN(c1ccc(C(COC)CC(=O)OC)cc1[N+](=O)[O-])C1CCSCC1. The first-order chi connectivity index (χ1) is 13.0. The maximum Gasteiger partial charge on any atom is 0.306 e. The molecule has 0 N–H and O–H groups in total. The number of carbonyl (C=O) groups is 1. The van der Waals surface area contributed by atoms with Gasteiger partial charge in [0.2, 0.25) is 0 Å². The number of nitro benzene ring substituents is 1. The van der Waals surface area contributed by atoms with Gasteiger partial charge in [-0.05, 0) is 42.9 Å². The third-order valence-electron chi connectivity index (χ3n) is 4.96. The molecule has 1 unspecified atom stereocenters. The van der Waals surface area contributed by atoms with E-state index < -0.39 is 0 Å². The van der Waals surface area contributed by atoms with Crippen LogP contribution < -0.4 is 4.90 Å². The molecule has 1 saturated heterocycles. The lowest BCUT2D eigenvalue weighted by Crippen LogP contribution is -2.38. The Labute approximate surface area is 164 Å². The largest absolute Gasteiger partial charge is 0.469 e. The number of ether oxygens (including phenoxy) is 2. The van der Waals surface area contributed by atoms with Gasteiger partial charge in [-0.3, -0.25) is 14.9 Å². The van der Waals surface area contributed by atoms with Crippen molar-refractivity contribution in [2.75, 3.05) is 43.8 Å². The number of carbonyl (C=O) groups excluding carboxylic acids is 1. The number of methoxy groups -OCH3 is 2. The lowest BCUT2D eigenvalue weighted by Gasteiger charge is -2.35. The van der Waals surface area contributed by atoms with Gasteiger partial charge in [-0.25, -0.2) is 0 Å². The first-order valence-electron chi connectivity index (χ1n) is 9.20. The molecule has 0 bridgehead atoms. The molecule has 1 aliphatic rings. The second kappa shape index (κ2) is 10.5. The van der Waals surface area contributed by atoms with E-state index in [4.69, 9.17) is 9.47 Å². The highest BCUT2D eigenvalue weighted by Crippen LogP contribution is 2.36. The first kappa shape index (κ1) is 21.5. The van der Waals surface area contributed by atoms with Crippen LogP contribution >= 0.6 is 11.8 Å². The van der Waals surface area contributed by atoms with Crippen molar-refractivity contribution in [2.45, 2.75) is 38.1 Å². The molecule has 0 aliphatic carbocycles. The number of hydrogen-bond acceptors (Lipinski definition) is 7. The Morgan fingerprint density at radius 1 is 1.37 bits per heavy atom. The highest BCUT2D eigenvalue weighted by Gasteiger charge is 2.28. The Bertz CT molecular complexity index is 649. The number of nitrogens with zero attached hydrogens (tertiary/aromatic N) is 2. The van der Waals surface area contributed by atoms with Gasteiger partial charge in [0.15, 0.2) is 0 Å². The van der Waals surface area contributed by atoms with E-state index in [1.165, 1.54) is 7.11 Å². The molecular weight excluding hydrogens is 368 g/mol. The van der Waals surface area contributed by atoms with Gasteiger partial charge in [0.25, 0.3) is 5.69 Å². The highest BCUT2D eigenvalue weighted by atomic mass is 32.2. The molecule has 1 atom stereocenters. The van der Waals surface area contributed by atoms with Crippen LogP contribution in [0.5, 0.6) is 0 Å². The van der Waals surface area contributed by atoms with Gasteiger partial charge in [-0.2, -0.15) is 11.8 Å². The molecule has 0 radical (unpaired) electrons. The Hall–Kier alpha value is -1.80. The summed E-state index contributed by atoms with van der Waals surface area (Å²) in [4.78, 5) is 25.3. The van der Waals surface area contributed by atoms with Crippen molar-refractivity contribution in [3.8, 4) is 0 Å². The molecule has 8 heteroatoms. The fourth-order valence-electron chi connectivity index (χ4n) is 3.56. The van der Waals surface area contributed by atoms with Crippen molar-refractivity contribution in [3.05, 3.63) is 33.9 Å². The van der Waals surface area contributed by atoms with Crippen LogP contribution in [0.4, 0.5) is 11.4 Å². The van der Waals surface area contributed by atoms with Crippen LogP contribution in [-0.4, -0.2) is 55.8 Å². The third kappa shape index (κ3) is 5.59. The fourth-order valence-corrected chi connectivity index (χ4v) is 4.65. The van der Waals surface area contributed by atoms with Gasteiger partial charge >= 0.3 is 5.97 Å². The second-order valence-electron chi connectivity index (χ2n) is 6.57. The summed E-state index contributed by atoms with van der Waals surface area (Å²) < 4.78 is 9.95. The van der Waals surface area contributed by atoms with Crippen LogP contribution in [0.1, 0.15) is 37.7 Å². The summed E-state index contributed by atoms with van der Waals surface area (Å²) in [5, 5.41) is 11.8. The van der Waals surface area contributed by atoms with Crippen LogP contribution in [0, 0.1) is 10.1 Å². The van der Waals surface area contributed by atoms with Crippen molar-refractivity contribution in [1.82, 2.24) is 0 Å². The summed E-state index contributed by atoms with van der Waals surface area (Å²) >= 11 is 1.93. The van der Waals surface area contributed by atoms with E-state index in [2.05, 4.69) is 4.90 Å². The maximum atomic E-state index is 11.8. The summed E-state index contributed by atoms with van der Waals surface area (Å²) in [6.07, 6.45) is 2.19. The van der Waals surface area contributed by atoms with Crippen LogP contribution in [-0.2, 0) is 14.3 Å². The van der Waals surface area contributed by atoms with Crippen LogP contribution in [0.3, 0.4) is 0 Å².